The maximum Gasteiger partial charge on any atom is 0.287 e. The Labute approximate surface area is 87.1 Å². The van der Waals surface area contributed by atoms with Crippen molar-refractivity contribution in [2.75, 3.05) is 5.32 Å². The molecule has 1 aliphatic heterocycles. The molecule has 2 rings (SSSR count). The standard InChI is InChI=1S/C9H7N3O2S/c1-6-11-8-4-2-3-7(5-10)9(8)15(13,14)12-6/h2-4H,1H3,(H,11,12). The van der Waals surface area contributed by atoms with Gasteiger partial charge in [-0.3, -0.25) is 0 Å². The summed E-state index contributed by atoms with van der Waals surface area (Å²) in [5.41, 5.74) is 0.512. The van der Waals surface area contributed by atoms with E-state index < -0.39 is 10.0 Å². The van der Waals surface area contributed by atoms with E-state index in [2.05, 4.69) is 9.71 Å². The number of hydrogen-bond acceptors (Lipinski definition) is 4. The molecule has 1 N–H and O–H groups in total. The molecule has 1 heterocycles. The molecule has 6 heteroatoms. The molecule has 0 spiro atoms. The molecule has 76 valence electrons. The number of rotatable bonds is 0. The van der Waals surface area contributed by atoms with Crippen molar-refractivity contribution in [3.05, 3.63) is 23.8 Å². The zero-order chi connectivity index (χ0) is 11.1. The third-order valence-electron chi connectivity index (χ3n) is 1.97. The number of anilines is 1. The lowest BCUT2D eigenvalue weighted by Gasteiger charge is -2.16. The molecule has 1 aliphatic rings. The highest BCUT2D eigenvalue weighted by atomic mass is 32.2. The van der Waals surface area contributed by atoms with Crippen LogP contribution in [0.3, 0.4) is 0 Å². The van der Waals surface area contributed by atoms with Crippen LogP contribution in [0.15, 0.2) is 27.5 Å². The second-order valence-electron chi connectivity index (χ2n) is 3.07. The van der Waals surface area contributed by atoms with Crippen LogP contribution in [-0.4, -0.2) is 14.3 Å². The van der Waals surface area contributed by atoms with Gasteiger partial charge in [0.25, 0.3) is 10.0 Å². The number of benzene rings is 1. The average Bonchev–Trinajstić information content (AvgIpc) is 2.14. The van der Waals surface area contributed by atoms with Gasteiger partial charge in [0.1, 0.15) is 16.8 Å². The van der Waals surface area contributed by atoms with Crippen LogP contribution in [0.4, 0.5) is 5.69 Å². The van der Waals surface area contributed by atoms with E-state index in [1.165, 1.54) is 6.07 Å². The van der Waals surface area contributed by atoms with Crippen LogP contribution in [0.2, 0.25) is 0 Å². The molecule has 0 atom stereocenters. The molecule has 0 unspecified atom stereocenters. The number of fused-ring (bicyclic) bond motifs is 1. The van der Waals surface area contributed by atoms with Gasteiger partial charge in [-0.25, -0.2) is 0 Å². The van der Waals surface area contributed by atoms with E-state index in [0.717, 1.165) is 0 Å². The van der Waals surface area contributed by atoms with E-state index in [-0.39, 0.29) is 10.5 Å². The minimum atomic E-state index is -3.73. The maximum atomic E-state index is 11.7. The van der Waals surface area contributed by atoms with Crippen molar-refractivity contribution in [2.24, 2.45) is 4.40 Å². The Morgan fingerprint density at radius 1 is 1.47 bits per heavy atom. The number of sulfonamides is 1. The van der Waals surface area contributed by atoms with E-state index in [1.54, 1.807) is 19.1 Å². The third-order valence-corrected chi connectivity index (χ3v) is 3.44. The van der Waals surface area contributed by atoms with Gasteiger partial charge in [0.05, 0.1) is 11.3 Å². The highest BCUT2D eigenvalue weighted by Crippen LogP contribution is 2.29. The van der Waals surface area contributed by atoms with Gasteiger partial charge in [0.15, 0.2) is 0 Å². The van der Waals surface area contributed by atoms with Crippen LogP contribution in [0.25, 0.3) is 0 Å². The lowest BCUT2D eigenvalue weighted by atomic mass is 10.2. The maximum absolute atomic E-state index is 11.7. The first-order chi connectivity index (χ1) is 7.04. The number of nitriles is 1. The molecule has 0 aromatic heterocycles. The summed E-state index contributed by atoms with van der Waals surface area (Å²) >= 11 is 0. The summed E-state index contributed by atoms with van der Waals surface area (Å²) in [5.74, 6) is 0.303. The van der Waals surface area contributed by atoms with Crippen LogP contribution >= 0.6 is 0 Å². The Balaban J connectivity index is 2.83. The number of hydrogen-bond donors (Lipinski definition) is 1. The molecule has 0 radical (unpaired) electrons. The molecule has 0 bridgehead atoms. The van der Waals surface area contributed by atoms with Crippen molar-refractivity contribution in [1.29, 1.82) is 5.26 Å². The topological polar surface area (TPSA) is 82.3 Å². The van der Waals surface area contributed by atoms with Crippen LogP contribution < -0.4 is 5.32 Å². The van der Waals surface area contributed by atoms with Crippen molar-refractivity contribution in [3.63, 3.8) is 0 Å². The predicted octanol–water partition coefficient (Wildman–Crippen LogP) is 1.09. The predicted molar refractivity (Wildman–Crippen MR) is 55.1 cm³/mol. The lowest BCUT2D eigenvalue weighted by Crippen LogP contribution is -2.19. The summed E-state index contributed by atoms with van der Waals surface area (Å²) in [5, 5.41) is 11.6. The SMILES string of the molecule is CC1=NS(=O)(=O)c2c(C#N)cccc2N1. The molecule has 0 saturated carbocycles. The molecule has 1 aromatic rings. The monoisotopic (exact) mass is 221 g/mol. The van der Waals surface area contributed by atoms with E-state index >= 15 is 0 Å². The molecule has 5 nitrogen and oxygen atoms in total. The van der Waals surface area contributed by atoms with Crippen LogP contribution in [0.1, 0.15) is 12.5 Å². The molecular weight excluding hydrogens is 214 g/mol. The summed E-state index contributed by atoms with van der Waals surface area (Å²) < 4.78 is 26.9. The highest BCUT2D eigenvalue weighted by Gasteiger charge is 2.26. The van der Waals surface area contributed by atoms with E-state index in [4.69, 9.17) is 5.26 Å². The average molecular weight is 221 g/mol. The molecule has 0 amide bonds. The lowest BCUT2D eigenvalue weighted by molar-refractivity contribution is 0.597. The van der Waals surface area contributed by atoms with Gasteiger partial charge in [-0.2, -0.15) is 13.7 Å². The van der Waals surface area contributed by atoms with E-state index in [0.29, 0.717) is 11.5 Å². The summed E-state index contributed by atoms with van der Waals surface area (Å²) in [6, 6.07) is 6.52. The fraction of sp³-hybridized carbons (Fsp3) is 0.111. The van der Waals surface area contributed by atoms with Crippen molar-refractivity contribution < 1.29 is 8.42 Å². The summed E-state index contributed by atoms with van der Waals surface area (Å²) in [4.78, 5) is -0.0434. The Morgan fingerprint density at radius 3 is 2.87 bits per heavy atom. The fourth-order valence-electron chi connectivity index (χ4n) is 1.45. The smallest absolute Gasteiger partial charge is 0.287 e. The summed E-state index contributed by atoms with van der Waals surface area (Å²) in [6.07, 6.45) is 0. The van der Waals surface area contributed by atoms with Crippen molar-refractivity contribution in [1.82, 2.24) is 0 Å². The molecule has 15 heavy (non-hydrogen) atoms. The van der Waals surface area contributed by atoms with Gasteiger partial charge in [-0.1, -0.05) is 6.07 Å². The van der Waals surface area contributed by atoms with Gasteiger partial charge in [0, 0.05) is 0 Å². The molecule has 1 aromatic carbocycles. The van der Waals surface area contributed by atoms with Gasteiger partial charge in [-0.15, -0.1) is 4.40 Å². The summed E-state index contributed by atoms with van der Waals surface area (Å²) in [6.45, 7) is 1.56. The first-order valence-electron chi connectivity index (χ1n) is 4.16. The largest absolute Gasteiger partial charge is 0.342 e. The van der Waals surface area contributed by atoms with Gasteiger partial charge >= 0.3 is 0 Å². The first-order valence-corrected chi connectivity index (χ1v) is 5.60. The molecule has 0 fully saturated rings. The quantitative estimate of drug-likeness (QED) is 0.710. The highest BCUT2D eigenvalue weighted by molar-refractivity contribution is 7.90. The summed E-state index contributed by atoms with van der Waals surface area (Å²) in [7, 11) is -3.73. The fourth-order valence-corrected chi connectivity index (χ4v) is 2.73. The Morgan fingerprint density at radius 2 is 2.20 bits per heavy atom. The zero-order valence-electron chi connectivity index (χ0n) is 7.85. The van der Waals surface area contributed by atoms with Crippen molar-refractivity contribution in [3.8, 4) is 6.07 Å². The Hall–Kier alpha value is -1.87. The third kappa shape index (κ3) is 1.47. The Bertz CT molecular complexity index is 596. The second kappa shape index (κ2) is 3.07. The number of nitrogens with zero attached hydrogens (tertiary/aromatic N) is 2. The van der Waals surface area contributed by atoms with Crippen LogP contribution in [0, 0.1) is 11.3 Å². The zero-order valence-corrected chi connectivity index (χ0v) is 8.67. The molecular formula is C9H7N3O2S. The molecule has 0 saturated heterocycles. The minimum Gasteiger partial charge on any atom is -0.342 e. The van der Waals surface area contributed by atoms with Gasteiger partial charge in [-0.05, 0) is 19.1 Å². The number of nitrogens with one attached hydrogen (secondary N) is 1. The normalized spacial score (nSPS) is 16.9. The van der Waals surface area contributed by atoms with Gasteiger partial charge in [0.2, 0.25) is 0 Å². The van der Waals surface area contributed by atoms with Crippen LogP contribution in [-0.2, 0) is 10.0 Å². The van der Waals surface area contributed by atoms with E-state index in [1.807, 2.05) is 6.07 Å². The number of amidine groups is 1. The van der Waals surface area contributed by atoms with Crippen molar-refractivity contribution in [2.45, 2.75) is 11.8 Å². The Kier molecular flexibility index (Phi) is 1.98. The van der Waals surface area contributed by atoms with Crippen LogP contribution in [0.5, 0.6) is 0 Å². The van der Waals surface area contributed by atoms with E-state index in [9.17, 15) is 8.42 Å². The minimum absolute atomic E-state index is 0.0434. The second-order valence-corrected chi connectivity index (χ2v) is 4.61. The van der Waals surface area contributed by atoms with Crippen molar-refractivity contribution >= 4 is 21.5 Å². The molecule has 0 aliphatic carbocycles. The van der Waals surface area contributed by atoms with Gasteiger partial charge < -0.3 is 5.32 Å². The first kappa shape index (κ1) is 9.68.